The lowest BCUT2D eigenvalue weighted by Crippen LogP contribution is -2.34. The van der Waals surface area contributed by atoms with Crippen LogP contribution in [0.1, 0.15) is 16.2 Å². The second-order valence-electron chi connectivity index (χ2n) is 4.18. The molecule has 2 aromatic rings. The van der Waals surface area contributed by atoms with E-state index in [2.05, 4.69) is 15.1 Å². The van der Waals surface area contributed by atoms with Crippen molar-refractivity contribution in [2.45, 2.75) is 13.1 Å². The molecule has 3 rings (SSSR count). The van der Waals surface area contributed by atoms with Crippen LogP contribution in [0.15, 0.2) is 24.5 Å². The van der Waals surface area contributed by atoms with Crippen molar-refractivity contribution >= 4 is 23.6 Å². The number of hydrogen-bond acceptors (Lipinski definition) is 4. The molecule has 1 aliphatic heterocycles. The number of aldehydes is 1. The Bertz CT molecular complexity index is 596. The minimum Gasteiger partial charge on any atom is -0.362 e. The molecule has 0 radical (unpaired) electrons. The Labute approximate surface area is 109 Å². The van der Waals surface area contributed by atoms with E-state index in [4.69, 9.17) is 11.6 Å². The van der Waals surface area contributed by atoms with Gasteiger partial charge >= 0.3 is 0 Å². The third kappa shape index (κ3) is 1.86. The predicted molar refractivity (Wildman–Crippen MR) is 67.9 cm³/mol. The Balaban J connectivity index is 1.97. The second kappa shape index (κ2) is 4.42. The fourth-order valence-corrected chi connectivity index (χ4v) is 2.33. The fourth-order valence-electron chi connectivity index (χ4n) is 2.16. The van der Waals surface area contributed by atoms with Crippen LogP contribution in [0.5, 0.6) is 0 Å². The lowest BCUT2D eigenvalue weighted by molar-refractivity contribution is 0.112. The molecule has 0 aliphatic carbocycles. The predicted octanol–water partition coefficient (Wildman–Crippen LogP) is 1.76. The van der Waals surface area contributed by atoms with Gasteiger partial charge in [-0.1, -0.05) is 11.6 Å². The number of fused-ring (bicyclic) bond motifs is 1. The zero-order valence-electron chi connectivity index (χ0n) is 9.58. The van der Waals surface area contributed by atoms with Gasteiger partial charge in [0, 0.05) is 29.4 Å². The number of rotatable bonds is 2. The van der Waals surface area contributed by atoms with Crippen LogP contribution in [0.3, 0.4) is 0 Å². The Morgan fingerprint density at radius 2 is 2.22 bits per heavy atom. The van der Waals surface area contributed by atoms with E-state index in [1.165, 1.54) is 0 Å². The minimum absolute atomic E-state index is 0.627. The zero-order valence-corrected chi connectivity index (χ0v) is 10.3. The summed E-state index contributed by atoms with van der Waals surface area (Å²) in [7, 11) is 0. The Morgan fingerprint density at radius 1 is 1.33 bits per heavy atom. The van der Waals surface area contributed by atoms with Crippen molar-refractivity contribution in [2.24, 2.45) is 0 Å². The average Bonchev–Trinajstić information content (AvgIpc) is 2.85. The molecule has 0 amide bonds. The highest BCUT2D eigenvalue weighted by atomic mass is 35.5. The van der Waals surface area contributed by atoms with Crippen LogP contribution in [-0.4, -0.2) is 27.6 Å². The van der Waals surface area contributed by atoms with E-state index in [-0.39, 0.29) is 0 Å². The first-order chi connectivity index (χ1) is 8.78. The largest absolute Gasteiger partial charge is 0.362 e. The Morgan fingerprint density at radius 3 is 3.06 bits per heavy atom. The summed E-state index contributed by atoms with van der Waals surface area (Å²) in [5, 5.41) is 8.57. The summed E-state index contributed by atoms with van der Waals surface area (Å²) in [6.07, 6.45) is 2.58. The molecule has 2 heterocycles. The molecule has 18 heavy (non-hydrogen) atoms. The first-order valence-corrected chi connectivity index (χ1v) is 6.02. The maximum Gasteiger partial charge on any atom is 0.152 e. The number of nitrogens with zero attached hydrogens (tertiary/aromatic N) is 4. The molecular weight excluding hydrogens is 252 g/mol. The average molecular weight is 263 g/mol. The van der Waals surface area contributed by atoms with Gasteiger partial charge in [-0.15, -0.1) is 10.2 Å². The third-order valence-corrected chi connectivity index (χ3v) is 3.33. The number of aromatic nitrogens is 3. The topological polar surface area (TPSA) is 51.0 Å². The summed E-state index contributed by atoms with van der Waals surface area (Å²) < 4.78 is 2.02. The van der Waals surface area contributed by atoms with Crippen molar-refractivity contribution in [1.82, 2.24) is 14.8 Å². The molecule has 92 valence electrons. The summed E-state index contributed by atoms with van der Waals surface area (Å²) in [5.74, 6) is 0.901. The van der Waals surface area contributed by atoms with Crippen LogP contribution in [0, 0.1) is 0 Å². The molecule has 0 spiro atoms. The number of benzene rings is 1. The monoisotopic (exact) mass is 262 g/mol. The van der Waals surface area contributed by atoms with E-state index in [0.29, 0.717) is 17.1 Å². The molecule has 0 fully saturated rings. The molecule has 5 nitrogen and oxygen atoms in total. The van der Waals surface area contributed by atoms with E-state index < -0.39 is 0 Å². The van der Waals surface area contributed by atoms with Crippen molar-refractivity contribution in [1.29, 1.82) is 0 Å². The van der Waals surface area contributed by atoms with E-state index in [1.54, 1.807) is 18.5 Å². The smallest absolute Gasteiger partial charge is 0.152 e. The summed E-state index contributed by atoms with van der Waals surface area (Å²) in [6.45, 7) is 2.26. The Kier molecular flexibility index (Phi) is 2.76. The van der Waals surface area contributed by atoms with Crippen molar-refractivity contribution in [3.63, 3.8) is 0 Å². The quantitative estimate of drug-likeness (QED) is 0.774. The summed E-state index contributed by atoms with van der Waals surface area (Å²) in [5.41, 5.74) is 1.50. The van der Waals surface area contributed by atoms with Gasteiger partial charge in [-0.2, -0.15) is 0 Å². The maximum absolute atomic E-state index is 11.1. The van der Waals surface area contributed by atoms with Gasteiger partial charge in [0.2, 0.25) is 0 Å². The minimum atomic E-state index is 0.627. The van der Waals surface area contributed by atoms with Crippen molar-refractivity contribution in [3.8, 4) is 0 Å². The molecule has 0 atom stereocenters. The van der Waals surface area contributed by atoms with Gasteiger partial charge in [0.05, 0.1) is 6.54 Å². The SMILES string of the molecule is O=Cc1ccc(Cl)cc1N1CCn2cnnc2C1. The summed E-state index contributed by atoms with van der Waals surface area (Å²) in [4.78, 5) is 13.2. The van der Waals surface area contributed by atoms with Crippen LogP contribution in [-0.2, 0) is 13.1 Å². The summed E-state index contributed by atoms with van der Waals surface area (Å²) in [6, 6.07) is 5.28. The van der Waals surface area contributed by atoms with Crippen LogP contribution in [0.2, 0.25) is 5.02 Å². The van der Waals surface area contributed by atoms with Crippen LogP contribution in [0.4, 0.5) is 5.69 Å². The highest BCUT2D eigenvalue weighted by Crippen LogP contribution is 2.26. The number of carbonyl (C=O) groups excluding carboxylic acids is 1. The van der Waals surface area contributed by atoms with E-state index in [1.807, 2.05) is 10.6 Å². The standard InChI is InChI=1S/C12H11ClN4O/c13-10-2-1-9(7-18)11(5-10)16-3-4-17-8-14-15-12(17)6-16/h1-2,5,7-8H,3-4,6H2. The number of halogens is 1. The lowest BCUT2D eigenvalue weighted by atomic mass is 10.1. The molecular formula is C12H11ClN4O. The molecule has 0 bridgehead atoms. The third-order valence-electron chi connectivity index (χ3n) is 3.10. The molecule has 0 N–H and O–H groups in total. The number of hydrogen-bond donors (Lipinski definition) is 0. The van der Waals surface area contributed by atoms with Gasteiger partial charge in [-0.3, -0.25) is 4.79 Å². The van der Waals surface area contributed by atoms with Gasteiger partial charge in [-0.25, -0.2) is 0 Å². The van der Waals surface area contributed by atoms with Crippen molar-refractivity contribution in [3.05, 3.63) is 40.9 Å². The molecule has 0 saturated carbocycles. The summed E-state index contributed by atoms with van der Waals surface area (Å²) >= 11 is 6.00. The molecule has 1 aliphatic rings. The van der Waals surface area contributed by atoms with E-state index in [0.717, 1.165) is 30.9 Å². The van der Waals surface area contributed by atoms with E-state index in [9.17, 15) is 4.79 Å². The molecule has 0 saturated heterocycles. The highest BCUT2D eigenvalue weighted by molar-refractivity contribution is 6.31. The highest BCUT2D eigenvalue weighted by Gasteiger charge is 2.19. The number of carbonyl (C=O) groups is 1. The zero-order chi connectivity index (χ0) is 12.5. The Hall–Kier alpha value is -1.88. The van der Waals surface area contributed by atoms with Gasteiger partial charge in [0.1, 0.15) is 6.33 Å². The van der Waals surface area contributed by atoms with Gasteiger partial charge < -0.3 is 9.47 Å². The fraction of sp³-hybridized carbons (Fsp3) is 0.250. The van der Waals surface area contributed by atoms with Gasteiger partial charge in [0.25, 0.3) is 0 Å². The van der Waals surface area contributed by atoms with Gasteiger partial charge in [0.15, 0.2) is 12.1 Å². The van der Waals surface area contributed by atoms with Crippen LogP contribution >= 0.6 is 11.6 Å². The molecule has 6 heteroatoms. The number of anilines is 1. The van der Waals surface area contributed by atoms with Crippen molar-refractivity contribution in [2.75, 3.05) is 11.4 Å². The first-order valence-electron chi connectivity index (χ1n) is 5.64. The first kappa shape index (κ1) is 11.2. The second-order valence-corrected chi connectivity index (χ2v) is 4.62. The molecule has 1 aromatic heterocycles. The van der Waals surface area contributed by atoms with Crippen LogP contribution in [0.25, 0.3) is 0 Å². The molecule has 1 aromatic carbocycles. The van der Waals surface area contributed by atoms with E-state index >= 15 is 0 Å². The lowest BCUT2D eigenvalue weighted by Gasteiger charge is -2.30. The normalized spacial score (nSPS) is 14.4. The van der Waals surface area contributed by atoms with Gasteiger partial charge in [-0.05, 0) is 18.2 Å². The van der Waals surface area contributed by atoms with Crippen LogP contribution < -0.4 is 4.90 Å². The maximum atomic E-state index is 11.1. The molecule has 0 unspecified atom stereocenters. The van der Waals surface area contributed by atoms with Crippen molar-refractivity contribution < 1.29 is 4.79 Å².